The molecule has 0 bridgehead atoms. The van der Waals surface area contributed by atoms with Crippen molar-refractivity contribution in [3.63, 3.8) is 0 Å². The van der Waals surface area contributed by atoms with Crippen molar-refractivity contribution in [1.82, 2.24) is 0 Å². The fourth-order valence-electron chi connectivity index (χ4n) is 0. The number of rotatable bonds is 0. The molecule has 0 aromatic rings. The van der Waals surface area contributed by atoms with Gasteiger partial charge in [-0.25, -0.2) is 0 Å². The van der Waals surface area contributed by atoms with Gasteiger partial charge in [-0.15, -0.1) is 0 Å². The molecule has 4 heavy (non-hydrogen) atoms. The van der Waals surface area contributed by atoms with Gasteiger partial charge in [-0.1, -0.05) is 0 Å². The van der Waals surface area contributed by atoms with E-state index < -0.39 is 0 Å². The molecule has 0 rings (SSSR count). The monoisotopic (exact) mass is 174 g/mol. The Morgan fingerprint density at radius 3 is 1.00 bits per heavy atom. The van der Waals surface area contributed by atoms with Gasteiger partial charge in [0.05, 0.1) is 0 Å². The molecule has 0 spiro atoms. The number of hydrogen-bond acceptors (Lipinski definition) is 0. The van der Waals surface area contributed by atoms with Gasteiger partial charge in [-0.3, -0.25) is 0 Å². The molecule has 0 saturated heterocycles. The van der Waals surface area contributed by atoms with Crippen LogP contribution in [0.25, 0.3) is 0 Å². The Balaban J connectivity index is 0. The molecule has 0 aliphatic heterocycles. The summed E-state index contributed by atoms with van der Waals surface area (Å²) in [4.78, 5) is 0. The van der Waals surface area contributed by atoms with E-state index in [1.165, 1.54) is 0 Å². The molecule has 2 radical (unpaired) electrons. The van der Waals surface area contributed by atoms with Crippen LogP contribution in [0.15, 0.2) is 0 Å². The quantitative estimate of drug-likeness (QED) is 0.369. The van der Waals surface area contributed by atoms with Crippen LogP contribution in [0, 0.1) is 0 Å². The Morgan fingerprint density at radius 1 is 1.00 bits per heavy atom. The maximum absolute atomic E-state index is 0. The van der Waals surface area contributed by atoms with Gasteiger partial charge in [0.25, 0.3) is 0 Å². The van der Waals surface area contributed by atoms with Gasteiger partial charge in [0, 0.05) is 34.1 Å². The summed E-state index contributed by atoms with van der Waals surface area (Å²) in [6, 6.07) is 0. The molecule has 0 amide bonds. The molecule has 0 heterocycles. The van der Waals surface area contributed by atoms with Crippen LogP contribution in [0.3, 0.4) is 0 Å². The van der Waals surface area contributed by atoms with Gasteiger partial charge in [0.15, 0.2) is 17.4 Å². The fourth-order valence-corrected chi connectivity index (χ4v) is 0. The average molecular weight is 175 g/mol. The van der Waals surface area contributed by atoms with E-state index in [2.05, 4.69) is 0 Å². The minimum Gasteiger partial charge on any atom is 0 e. The molecule has 4 heteroatoms. The first kappa shape index (κ1) is 33.0. The predicted octanol–water partition coefficient (Wildman–Crippen LogP) is -2.11. The molecule has 0 aliphatic carbocycles. The molecular weight excluding hydrogens is 170 g/mol. The van der Waals surface area contributed by atoms with Gasteiger partial charge in [-0.05, 0) is 0 Å². The molecule has 0 aliphatic rings. The van der Waals surface area contributed by atoms with E-state index in [1.807, 2.05) is 0 Å². The molecule has 28 valence electrons. The molecule has 0 saturated carbocycles. The van der Waals surface area contributed by atoms with Crippen molar-refractivity contribution in [2.75, 3.05) is 0 Å². The van der Waals surface area contributed by atoms with Crippen molar-refractivity contribution >= 4 is 40.4 Å². The largest absolute Gasteiger partial charge is 0.316 e. The third-order valence-corrected chi connectivity index (χ3v) is 0. The van der Waals surface area contributed by atoms with Crippen LogP contribution in [-0.2, 0) is 34.1 Å². The van der Waals surface area contributed by atoms with E-state index in [0.717, 1.165) is 0 Å². The summed E-state index contributed by atoms with van der Waals surface area (Å²) in [5.74, 6) is 0. The Bertz CT molecular complexity index is 8.00. The molecule has 0 unspecified atom stereocenters. The van der Waals surface area contributed by atoms with Gasteiger partial charge in [0.2, 0.25) is 0 Å². The summed E-state index contributed by atoms with van der Waals surface area (Å²) in [5, 5.41) is 0. The van der Waals surface area contributed by atoms with Gasteiger partial charge in [-0.2, -0.15) is 0 Å². The molecule has 0 aromatic heterocycles. The first-order valence-electron chi connectivity index (χ1n) is 0. The summed E-state index contributed by atoms with van der Waals surface area (Å²) < 4.78 is 0. The molecule has 0 nitrogen and oxygen atoms in total. The third-order valence-electron chi connectivity index (χ3n) is 0. The topological polar surface area (TPSA) is 0 Å². The van der Waals surface area contributed by atoms with Crippen LogP contribution in [-0.4, -0.2) is 40.4 Å². The maximum atomic E-state index is 0. The van der Waals surface area contributed by atoms with E-state index in [9.17, 15) is 0 Å². The average Bonchev–Trinajstić information content (AvgIpc) is 0. The van der Waals surface area contributed by atoms with Crippen LogP contribution in [0.1, 0.15) is 0 Å². The minimum absolute atomic E-state index is 0. The second-order valence-electron chi connectivity index (χ2n) is 0. The first-order valence-corrected chi connectivity index (χ1v) is 0. The smallest absolute Gasteiger partial charge is 0 e. The number of hydrogen-bond donors (Lipinski definition) is 0. The van der Waals surface area contributed by atoms with E-state index >= 15 is 0 Å². The molecular formula is H5AlCuMgMn. The fraction of sp³-hybridized carbons (Fsp3) is 0. The Kier molecular flexibility index (Phi) is 152. The predicted molar refractivity (Wildman–Crippen MR) is 18.5 cm³/mol. The summed E-state index contributed by atoms with van der Waals surface area (Å²) in [6.07, 6.45) is 0. The van der Waals surface area contributed by atoms with Crippen molar-refractivity contribution < 1.29 is 34.1 Å². The Labute approximate surface area is 73.7 Å². The zero-order chi connectivity index (χ0) is 0. The Hall–Kier alpha value is 2.34. The van der Waals surface area contributed by atoms with Crippen molar-refractivity contribution in [2.24, 2.45) is 0 Å². The van der Waals surface area contributed by atoms with Crippen LogP contribution >= 0.6 is 0 Å². The molecule has 0 fully saturated rings. The minimum atomic E-state index is 0. The van der Waals surface area contributed by atoms with Crippen LogP contribution in [0.5, 0.6) is 0 Å². The first-order chi connectivity index (χ1) is 0. The SMILES string of the molecule is [AlH3].[Cu].[MgH2].[Mn]. The van der Waals surface area contributed by atoms with E-state index in [0.29, 0.717) is 0 Å². The second-order valence-corrected chi connectivity index (χ2v) is 0. The van der Waals surface area contributed by atoms with Crippen LogP contribution in [0.4, 0.5) is 0 Å². The van der Waals surface area contributed by atoms with Crippen molar-refractivity contribution in [3.8, 4) is 0 Å². The third kappa shape index (κ3) is 8.84. The van der Waals surface area contributed by atoms with Crippen molar-refractivity contribution in [1.29, 1.82) is 0 Å². The van der Waals surface area contributed by atoms with E-state index in [1.54, 1.807) is 0 Å². The summed E-state index contributed by atoms with van der Waals surface area (Å²) in [5.41, 5.74) is 0. The normalized spacial score (nSPS) is 0. The summed E-state index contributed by atoms with van der Waals surface area (Å²) in [6.45, 7) is 0. The van der Waals surface area contributed by atoms with Crippen molar-refractivity contribution in [2.45, 2.75) is 0 Å². The van der Waals surface area contributed by atoms with Gasteiger partial charge in [0.1, 0.15) is 0 Å². The molecule has 0 N–H and O–H groups in total. The van der Waals surface area contributed by atoms with Gasteiger partial charge >= 0.3 is 23.1 Å². The molecule has 0 atom stereocenters. The van der Waals surface area contributed by atoms with Crippen LogP contribution < -0.4 is 0 Å². The summed E-state index contributed by atoms with van der Waals surface area (Å²) >= 11 is 0. The van der Waals surface area contributed by atoms with E-state index in [-0.39, 0.29) is 74.6 Å². The summed E-state index contributed by atoms with van der Waals surface area (Å²) in [7, 11) is 0. The van der Waals surface area contributed by atoms with Crippen molar-refractivity contribution in [3.05, 3.63) is 0 Å². The second kappa shape index (κ2) is 18.4. The van der Waals surface area contributed by atoms with E-state index in [4.69, 9.17) is 0 Å². The Morgan fingerprint density at radius 2 is 1.00 bits per heavy atom. The van der Waals surface area contributed by atoms with Gasteiger partial charge < -0.3 is 0 Å². The maximum Gasteiger partial charge on any atom is 0.316 e. The zero-order valence-corrected chi connectivity index (χ0v) is 2.80. The standard InChI is InChI=1S/Al.Cu.Mg.Mn.5H. The van der Waals surface area contributed by atoms with Crippen LogP contribution in [0.2, 0.25) is 0 Å². The molecule has 0 aromatic carbocycles. The zero-order valence-electron chi connectivity index (χ0n) is 0.679.